The largest absolute Gasteiger partial charge is 0.389 e. The van der Waals surface area contributed by atoms with Crippen molar-refractivity contribution >= 4 is 0 Å². The molecule has 0 saturated carbocycles. The number of morpholine rings is 1. The zero-order chi connectivity index (χ0) is 9.16. The number of rotatable bonds is 0. The summed E-state index contributed by atoms with van der Waals surface area (Å²) in [6.07, 6.45) is -2.43. The van der Waals surface area contributed by atoms with Crippen LogP contribution in [0.2, 0.25) is 0 Å². The molecule has 13 heavy (non-hydrogen) atoms. The van der Waals surface area contributed by atoms with Gasteiger partial charge in [0.1, 0.15) is 0 Å². The first-order valence-corrected chi connectivity index (χ1v) is 4.61. The van der Waals surface area contributed by atoms with Crippen LogP contribution in [0.15, 0.2) is 0 Å². The van der Waals surface area contributed by atoms with Gasteiger partial charge in [-0.15, -0.1) is 0 Å². The number of aliphatic hydroxyl groups is 3. The summed E-state index contributed by atoms with van der Waals surface area (Å²) in [5, 5.41) is 29.0. The highest BCUT2D eigenvalue weighted by Crippen LogP contribution is 2.38. The number of hydrogen-bond donors (Lipinski definition) is 3. The number of fused-ring (bicyclic) bond motifs is 1. The molecule has 5 nitrogen and oxygen atoms in total. The van der Waals surface area contributed by atoms with Gasteiger partial charge in [0.05, 0.1) is 43.1 Å². The molecule has 3 saturated heterocycles. The molecule has 0 aromatic carbocycles. The molecule has 3 aliphatic heterocycles. The quantitative estimate of drug-likeness (QED) is 0.392. The molecule has 2 bridgehead atoms. The third-order valence-corrected chi connectivity index (χ3v) is 3.51. The Morgan fingerprint density at radius 1 is 1.08 bits per heavy atom. The molecule has 0 radical (unpaired) electrons. The Bertz CT molecular complexity index is 232. The molecule has 74 valence electrons. The van der Waals surface area contributed by atoms with E-state index < -0.39 is 18.3 Å². The van der Waals surface area contributed by atoms with Crippen molar-refractivity contribution in [1.29, 1.82) is 0 Å². The Morgan fingerprint density at radius 3 is 2.62 bits per heavy atom. The molecule has 6 atom stereocenters. The van der Waals surface area contributed by atoms with E-state index in [-0.39, 0.29) is 18.2 Å². The van der Waals surface area contributed by atoms with Crippen LogP contribution in [-0.4, -0.2) is 69.9 Å². The Morgan fingerprint density at radius 2 is 1.85 bits per heavy atom. The first-order valence-electron chi connectivity index (χ1n) is 4.61. The fourth-order valence-electron chi connectivity index (χ4n) is 2.80. The van der Waals surface area contributed by atoms with Gasteiger partial charge in [-0.1, -0.05) is 0 Å². The second-order valence-corrected chi connectivity index (χ2v) is 4.10. The van der Waals surface area contributed by atoms with Crippen LogP contribution in [0.3, 0.4) is 0 Å². The van der Waals surface area contributed by atoms with Crippen LogP contribution in [0.4, 0.5) is 0 Å². The van der Waals surface area contributed by atoms with Crippen molar-refractivity contribution in [3.63, 3.8) is 0 Å². The summed E-state index contributed by atoms with van der Waals surface area (Å²) < 4.78 is 5.37. The Hall–Kier alpha value is -0.200. The average molecular weight is 187 g/mol. The molecular weight excluding hydrogens is 174 g/mol. The smallest absolute Gasteiger partial charge is 0.0996 e. The summed E-state index contributed by atoms with van der Waals surface area (Å²) in [7, 11) is 0. The molecule has 0 aromatic rings. The van der Waals surface area contributed by atoms with Gasteiger partial charge in [-0.05, 0) is 0 Å². The van der Waals surface area contributed by atoms with Gasteiger partial charge in [-0.2, -0.15) is 0 Å². The van der Waals surface area contributed by atoms with Gasteiger partial charge < -0.3 is 20.1 Å². The van der Waals surface area contributed by atoms with Crippen LogP contribution in [-0.2, 0) is 4.74 Å². The summed E-state index contributed by atoms with van der Waals surface area (Å²) in [6.45, 7) is 1.04. The van der Waals surface area contributed by atoms with E-state index in [0.29, 0.717) is 13.2 Å². The van der Waals surface area contributed by atoms with Gasteiger partial charge in [0.25, 0.3) is 0 Å². The summed E-state index contributed by atoms with van der Waals surface area (Å²) in [6, 6.07) is -0.458. The van der Waals surface area contributed by atoms with Gasteiger partial charge in [-0.3, -0.25) is 4.90 Å². The number of ether oxygens (including phenoxy) is 1. The molecule has 3 aliphatic rings. The lowest BCUT2D eigenvalue weighted by Gasteiger charge is -2.30. The monoisotopic (exact) mass is 187 g/mol. The maximum absolute atomic E-state index is 9.74. The second kappa shape index (κ2) is 2.43. The highest BCUT2D eigenvalue weighted by Gasteiger charge is 2.59. The summed E-state index contributed by atoms with van der Waals surface area (Å²) in [4.78, 5) is 1.97. The lowest BCUT2D eigenvalue weighted by Crippen LogP contribution is -2.48. The van der Waals surface area contributed by atoms with Crippen LogP contribution in [0, 0.1) is 0 Å². The minimum absolute atomic E-state index is 0.131. The average Bonchev–Trinajstić information content (AvgIpc) is 2.52. The van der Waals surface area contributed by atoms with Crippen molar-refractivity contribution in [3.05, 3.63) is 0 Å². The fraction of sp³-hybridized carbons (Fsp3) is 1.00. The molecule has 3 heterocycles. The van der Waals surface area contributed by atoms with E-state index >= 15 is 0 Å². The second-order valence-electron chi connectivity index (χ2n) is 4.10. The third-order valence-electron chi connectivity index (χ3n) is 3.51. The van der Waals surface area contributed by atoms with E-state index in [2.05, 4.69) is 0 Å². The van der Waals surface area contributed by atoms with Crippen molar-refractivity contribution in [2.75, 3.05) is 13.2 Å². The van der Waals surface area contributed by atoms with E-state index in [0.717, 1.165) is 0 Å². The van der Waals surface area contributed by atoms with Gasteiger partial charge in [0, 0.05) is 6.54 Å². The summed E-state index contributed by atoms with van der Waals surface area (Å²) in [5.74, 6) is 0. The normalized spacial score (nSPS) is 60.2. The van der Waals surface area contributed by atoms with Crippen molar-refractivity contribution in [2.45, 2.75) is 36.5 Å². The molecule has 3 fully saturated rings. The first-order chi connectivity index (χ1) is 6.20. The Labute approximate surface area is 75.5 Å². The lowest BCUT2D eigenvalue weighted by atomic mass is 10.0. The SMILES string of the molecule is O[C@H]1[C@H](O)[C@@H]2CO[C@H]3CN2[C@@H]1[C@@H]3O. The minimum Gasteiger partial charge on any atom is -0.389 e. The van der Waals surface area contributed by atoms with E-state index in [1.54, 1.807) is 0 Å². The van der Waals surface area contributed by atoms with Crippen LogP contribution >= 0.6 is 0 Å². The molecule has 0 aromatic heterocycles. The lowest BCUT2D eigenvalue weighted by molar-refractivity contribution is -0.0904. The van der Waals surface area contributed by atoms with Crippen LogP contribution in [0.25, 0.3) is 0 Å². The first kappa shape index (κ1) is 8.14. The zero-order valence-electron chi connectivity index (χ0n) is 7.08. The number of aliphatic hydroxyl groups excluding tert-OH is 3. The zero-order valence-corrected chi connectivity index (χ0v) is 7.08. The van der Waals surface area contributed by atoms with Gasteiger partial charge in [0.2, 0.25) is 0 Å². The van der Waals surface area contributed by atoms with Crippen molar-refractivity contribution in [3.8, 4) is 0 Å². The van der Waals surface area contributed by atoms with Crippen molar-refractivity contribution in [2.24, 2.45) is 0 Å². The number of nitrogens with zero attached hydrogens (tertiary/aromatic N) is 1. The highest BCUT2D eigenvalue weighted by atomic mass is 16.5. The van der Waals surface area contributed by atoms with E-state index in [1.165, 1.54) is 0 Å². The topological polar surface area (TPSA) is 73.2 Å². The minimum atomic E-state index is -0.825. The Balaban J connectivity index is 1.98. The molecular formula is C8H13NO4. The van der Waals surface area contributed by atoms with Crippen LogP contribution < -0.4 is 0 Å². The third kappa shape index (κ3) is 0.837. The standard InChI is InChI=1S/C8H13NO4/c10-6-3-2-13-4-1-9(3)5(7(4)11)8(6)12/h3-8,10-12H,1-2H2/t3-,4-,5+,6+,7+,8+/m0/s1. The van der Waals surface area contributed by atoms with E-state index in [9.17, 15) is 15.3 Å². The molecule has 5 heteroatoms. The Kier molecular flexibility index (Phi) is 1.52. The van der Waals surface area contributed by atoms with E-state index in [1.807, 2.05) is 4.90 Å². The molecule has 3 rings (SSSR count). The fourth-order valence-corrected chi connectivity index (χ4v) is 2.80. The maximum Gasteiger partial charge on any atom is 0.0996 e. The van der Waals surface area contributed by atoms with Crippen molar-refractivity contribution < 1.29 is 20.1 Å². The molecule has 0 aliphatic carbocycles. The maximum atomic E-state index is 9.74. The van der Waals surface area contributed by atoms with Gasteiger partial charge in [-0.25, -0.2) is 0 Å². The van der Waals surface area contributed by atoms with Crippen LogP contribution in [0.1, 0.15) is 0 Å². The van der Waals surface area contributed by atoms with Gasteiger partial charge in [0.15, 0.2) is 0 Å². The van der Waals surface area contributed by atoms with Crippen molar-refractivity contribution in [1.82, 2.24) is 4.90 Å². The molecule has 0 unspecified atom stereocenters. The molecule has 3 N–H and O–H groups in total. The summed E-state index contributed by atoms with van der Waals surface area (Å²) >= 11 is 0. The van der Waals surface area contributed by atoms with E-state index in [4.69, 9.17) is 4.74 Å². The summed E-state index contributed by atoms with van der Waals surface area (Å²) in [5.41, 5.74) is 0. The molecule has 0 spiro atoms. The predicted molar refractivity (Wildman–Crippen MR) is 42.0 cm³/mol. The highest BCUT2D eigenvalue weighted by molar-refractivity contribution is 5.12. The predicted octanol–water partition coefficient (Wildman–Crippen LogP) is -2.47. The van der Waals surface area contributed by atoms with Crippen LogP contribution in [0.5, 0.6) is 0 Å². The number of hydrogen-bond acceptors (Lipinski definition) is 5. The molecule has 0 amide bonds. The van der Waals surface area contributed by atoms with Gasteiger partial charge >= 0.3 is 0 Å².